The Morgan fingerprint density at radius 2 is 2.17 bits per heavy atom. The molecule has 0 saturated carbocycles. The van der Waals surface area contributed by atoms with Crippen LogP contribution in [0.1, 0.15) is 44.7 Å². The van der Waals surface area contributed by atoms with Gasteiger partial charge in [-0.3, -0.25) is 4.99 Å². The van der Waals surface area contributed by atoms with Crippen LogP contribution in [0.25, 0.3) is 5.57 Å². The molecule has 0 bridgehead atoms. The first kappa shape index (κ1) is 14.6. The van der Waals surface area contributed by atoms with E-state index in [0.717, 1.165) is 23.1 Å². The maximum Gasteiger partial charge on any atom is 0.133 e. The Balaban J connectivity index is 3.06. The minimum atomic E-state index is -1.25. The molecule has 0 aliphatic rings. The maximum atomic E-state index is 14.5. The SMILES string of the molecule is CCCC(C)(F)c1cccc(/C(C)=C/C=NC)c1. The smallest absolute Gasteiger partial charge is 0.133 e. The highest BCUT2D eigenvalue weighted by Gasteiger charge is 2.24. The lowest BCUT2D eigenvalue weighted by Crippen LogP contribution is -2.14. The summed E-state index contributed by atoms with van der Waals surface area (Å²) in [5.74, 6) is 0. The van der Waals surface area contributed by atoms with Crippen molar-refractivity contribution in [3.8, 4) is 0 Å². The molecule has 0 aliphatic carbocycles. The van der Waals surface area contributed by atoms with Crippen molar-refractivity contribution < 1.29 is 4.39 Å². The summed E-state index contributed by atoms with van der Waals surface area (Å²) in [6, 6.07) is 7.71. The Kier molecular flexibility index (Phi) is 5.26. The molecule has 1 nitrogen and oxygen atoms in total. The van der Waals surface area contributed by atoms with Gasteiger partial charge in [-0.1, -0.05) is 31.5 Å². The van der Waals surface area contributed by atoms with Crippen LogP contribution in [0.2, 0.25) is 0 Å². The van der Waals surface area contributed by atoms with E-state index in [-0.39, 0.29) is 0 Å². The van der Waals surface area contributed by atoms with Crippen molar-refractivity contribution in [2.75, 3.05) is 7.05 Å². The molecule has 0 radical (unpaired) electrons. The molecule has 1 aromatic rings. The number of allylic oxidation sites excluding steroid dienone is 2. The van der Waals surface area contributed by atoms with Crippen LogP contribution < -0.4 is 0 Å². The van der Waals surface area contributed by atoms with Gasteiger partial charge in [-0.05, 0) is 49.1 Å². The Labute approximate surface area is 109 Å². The molecule has 1 atom stereocenters. The van der Waals surface area contributed by atoms with E-state index in [0.29, 0.717) is 6.42 Å². The summed E-state index contributed by atoms with van der Waals surface area (Å²) in [5, 5.41) is 0. The molecule has 98 valence electrons. The van der Waals surface area contributed by atoms with E-state index in [1.807, 2.05) is 44.2 Å². The van der Waals surface area contributed by atoms with Crippen LogP contribution in [0.3, 0.4) is 0 Å². The molecule has 0 aromatic heterocycles. The number of hydrogen-bond acceptors (Lipinski definition) is 1. The molecular formula is C16H22FN. The third-order valence-electron chi connectivity index (χ3n) is 3.11. The predicted molar refractivity (Wildman–Crippen MR) is 77.9 cm³/mol. The molecule has 18 heavy (non-hydrogen) atoms. The molecule has 0 N–H and O–H groups in total. The Morgan fingerprint density at radius 1 is 1.44 bits per heavy atom. The third kappa shape index (κ3) is 3.80. The Morgan fingerprint density at radius 3 is 2.78 bits per heavy atom. The molecule has 2 heteroatoms. The van der Waals surface area contributed by atoms with Crippen molar-refractivity contribution in [1.29, 1.82) is 0 Å². The normalized spacial score (nSPS) is 15.9. The Bertz CT molecular complexity index is 444. The fourth-order valence-corrected chi connectivity index (χ4v) is 1.99. The second-order valence-corrected chi connectivity index (χ2v) is 4.79. The summed E-state index contributed by atoms with van der Waals surface area (Å²) in [6.45, 7) is 5.67. The average Bonchev–Trinajstić information content (AvgIpc) is 2.36. The van der Waals surface area contributed by atoms with Gasteiger partial charge in [0.1, 0.15) is 5.67 Å². The number of alkyl halides is 1. The highest BCUT2D eigenvalue weighted by Crippen LogP contribution is 2.31. The molecular weight excluding hydrogens is 225 g/mol. The largest absolute Gasteiger partial charge is 0.297 e. The van der Waals surface area contributed by atoms with Crippen molar-refractivity contribution >= 4 is 11.8 Å². The van der Waals surface area contributed by atoms with E-state index in [1.165, 1.54) is 0 Å². The topological polar surface area (TPSA) is 12.4 Å². The minimum Gasteiger partial charge on any atom is -0.297 e. The van der Waals surface area contributed by atoms with Crippen LogP contribution >= 0.6 is 0 Å². The van der Waals surface area contributed by atoms with Gasteiger partial charge in [0.2, 0.25) is 0 Å². The molecule has 0 aliphatic heterocycles. The third-order valence-corrected chi connectivity index (χ3v) is 3.11. The molecule has 0 saturated heterocycles. The van der Waals surface area contributed by atoms with Gasteiger partial charge < -0.3 is 0 Å². The number of halogens is 1. The molecule has 0 heterocycles. The molecule has 1 rings (SSSR count). The van der Waals surface area contributed by atoms with Crippen molar-refractivity contribution in [3.63, 3.8) is 0 Å². The number of rotatable bonds is 5. The van der Waals surface area contributed by atoms with E-state index in [9.17, 15) is 4.39 Å². The van der Waals surface area contributed by atoms with Gasteiger partial charge in [0.15, 0.2) is 0 Å². The fraction of sp³-hybridized carbons (Fsp3) is 0.438. The number of hydrogen-bond donors (Lipinski definition) is 0. The van der Waals surface area contributed by atoms with Crippen LogP contribution in [-0.2, 0) is 5.67 Å². The number of nitrogens with zero attached hydrogens (tertiary/aromatic N) is 1. The van der Waals surface area contributed by atoms with Gasteiger partial charge in [0.25, 0.3) is 0 Å². The van der Waals surface area contributed by atoms with Gasteiger partial charge in [-0.15, -0.1) is 0 Å². The quantitative estimate of drug-likeness (QED) is 0.664. The Hall–Kier alpha value is -1.44. The monoisotopic (exact) mass is 247 g/mol. The van der Waals surface area contributed by atoms with E-state index >= 15 is 0 Å². The molecule has 0 amide bonds. The van der Waals surface area contributed by atoms with Crippen LogP contribution in [0.5, 0.6) is 0 Å². The summed E-state index contributed by atoms with van der Waals surface area (Å²) < 4.78 is 14.5. The zero-order chi connectivity index (χ0) is 13.6. The van der Waals surface area contributed by atoms with Crippen molar-refractivity contribution in [2.24, 2.45) is 4.99 Å². The second-order valence-electron chi connectivity index (χ2n) is 4.79. The summed E-state index contributed by atoms with van der Waals surface area (Å²) in [5.41, 5.74) is 1.65. The van der Waals surface area contributed by atoms with E-state index in [2.05, 4.69) is 4.99 Å². The van der Waals surface area contributed by atoms with Crippen LogP contribution in [-0.4, -0.2) is 13.3 Å². The maximum absolute atomic E-state index is 14.5. The van der Waals surface area contributed by atoms with Crippen LogP contribution in [0.4, 0.5) is 4.39 Å². The summed E-state index contributed by atoms with van der Waals surface area (Å²) >= 11 is 0. The van der Waals surface area contributed by atoms with E-state index in [1.54, 1.807) is 20.2 Å². The fourth-order valence-electron chi connectivity index (χ4n) is 1.99. The second kappa shape index (κ2) is 6.48. The van der Waals surface area contributed by atoms with Crippen molar-refractivity contribution in [2.45, 2.75) is 39.3 Å². The first-order valence-electron chi connectivity index (χ1n) is 6.40. The zero-order valence-electron chi connectivity index (χ0n) is 11.7. The average molecular weight is 247 g/mol. The molecule has 0 spiro atoms. The summed E-state index contributed by atoms with van der Waals surface area (Å²) in [7, 11) is 1.74. The first-order valence-corrected chi connectivity index (χ1v) is 6.40. The minimum absolute atomic E-state index is 0.551. The lowest BCUT2D eigenvalue weighted by molar-refractivity contribution is 0.175. The van der Waals surface area contributed by atoms with Crippen LogP contribution in [0, 0.1) is 0 Å². The zero-order valence-corrected chi connectivity index (χ0v) is 11.7. The number of aliphatic imine (C=N–C) groups is 1. The van der Waals surface area contributed by atoms with E-state index < -0.39 is 5.67 Å². The summed E-state index contributed by atoms with van der Waals surface area (Å²) in [4.78, 5) is 3.93. The number of benzene rings is 1. The van der Waals surface area contributed by atoms with Gasteiger partial charge in [0.05, 0.1) is 0 Å². The molecule has 0 fully saturated rings. The van der Waals surface area contributed by atoms with Gasteiger partial charge in [-0.25, -0.2) is 4.39 Å². The lowest BCUT2D eigenvalue weighted by Gasteiger charge is -2.21. The van der Waals surface area contributed by atoms with Crippen LogP contribution in [0.15, 0.2) is 35.3 Å². The van der Waals surface area contributed by atoms with Gasteiger partial charge in [-0.2, -0.15) is 0 Å². The lowest BCUT2D eigenvalue weighted by atomic mass is 9.91. The summed E-state index contributed by atoms with van der Waals surface area (Å²) in [6.07, 6.45) is 5.08. The van der Waals surface area contributed by atoms with Crippen molar-refractivity contribution in [3.05, 3.63) is 41.5 Å². The highest BCUT2D eigenvalue weighted by molar-refractivity contribution is 5.83. The van der Waals surface area contributed by atoms with E-state index in [4.69, 9.17) is 0 Å². The first-order chi connectivity index (χ1) is 8.51. The highest BCUT2D eigenvalue weighted by atomic mass is 19.1. The van der Waals surface area contributed by atoms with Gasteiger partial charge in [0, 0.05) is 13.3 Å². The standard InChI is InChI=1S/C16H22FN/c1-5-10-16(3,17)15-8-6-7-14(12-15)13(2)9-11-18-4/h6-9,11-12H,5,10H2,1-4H3/b13-9+,18-11?. The predicted octanol–water partition coefficient (Wildman–Crippen LogP) is 4.78. The van der Waals surface area contributed by atoms with Crippen molar-refractivity contribution in [1.82, 2.24) is 0 Å². The molecule has 1 unspecified atom stereocenters. The van der Waals surface area contributed by atoms with Gasteiger partial charge >= 0.3 is 0 Å². The molecule has 1 aromatic carbocycles.